The SMILES string of the molecule is CCCNC(=NCC(O)CS(=O)(=O)c1cccs1)NCC. The van der Waals surface area contributed by atoms with Crippen molar-refractivity contribution < 1.29 is 13.5 Å². The number of nitrogens with zero attached hydrogens (tertiary/aromatic N) is 1. The molecule has 1 atom stereocenters. The normalized spacial score (nSPS) is 14.0. The highest BCUT2D eigenvalue weighted by Crippen LogP contribution is 2.18. The van der Waals surface area contributed by atoms with E-state index in [9.17, 15) is 13.5 Å². The summed E-state index contributed by atoms with van der Waals surface area (Å²) in [6.45, 7) is 5.51. The Morgan fingerprint density at radius 2 is 2.19 bits per heavy atom. The first-order valence-corrected chi connectivity index (χ1v) is 9.49. The van der Waals surface area contributed by atoms with Gasteiger partial charge in [-0.2, -0.15) is 0 Å². The van der Waals surface area contributed by atoms with Gasteiger partial charge >= 0.3 is 0 Å². The molecule has 8 heteroatoms. The van der Waals surface area contributed by atoms with Crippen LogP contribution in [0.25, 0.3) is 0 Å². The first kappa shape index (κ1) is 17.9. The zero-order valence-electron chi connectivity index (χ0n) is 12.4. The second kappa shape index (κ2) is 9.01. The Bertz CT molecular complexity index is 527. The van der Waals surface area contributed by atoms with Gasteiger partial charge in [0.2, 0.25) is 0 Å². The molecule has 1 unspecified atom stereocenters. The lowest BCUT2D eigenvalue weighted by Crippen LogP contribution is -2.38. The van der Waals surface area contributed by atoms with E-state index in [1.54, 1.807) is 17.5 Å². The zero-order valence-corrected chi connectivity index (χ0v) is 14.0. The van der Waals surface area contributed by atoms with Crippen molar-refractivity contribution >= 4 is 27.1 Å². The van der Waals surface area contributed by atoms with E-state index in [-0.39, 0.29) is 16.5 Å². The molecule has 0 aliphatic rings. The number of sulfone groups is 1. The lowest BCUT2D eigenvalue weighted by Gasteiger charge is -2.12. The maximum absolute atomic E-state index is 12.0. The largest absolute Gasteiger partial charge is 0.390 e. The van der Waals surface area contributed by atoms with Gasteiger partial charge in [0.1, 0.15) is 4.21 Å². The number of rotatable bonds is 8. The fraction of sp³-hybridized carbons (Fsp3) is 0.615. The van der Waals surface area contributed by atoms with Crippen LogP contribution >= 0.6 is 11.3 Å². The van der Waals surface area contributed by atoms with E-state index < -0.39 is 15.9 Å². The monoisotopic (exact) mass is 333 g/mol. The van der Waals surface area contributed by atoms with Gasteiger partial charge in [-0.15, -0.1) is 11.3 Å². The zero-order chi connectivity index (χ0) is 15.7. The minimum absolute atomic E-state index is 0.0453. The highest BCUT2D eigenvalue weighted by molar-refractivity contribution is 7.93. The van der Waals surface area contributed by atoms with E-state index in [0.29, 0.717) is 12.5 Å². The summed E-state index contributed by atoms with van der Waals surface area (Å²) in [6.07, 6.45) is -0.0612. The van der Waals surface area contributed by atoms with Crippen molar-refractivity contribution in [3.05, 3.63) is 17.5 Å². The number of hydrogen-bond acceptors (Lipinski definition) is 5. The molecule has 21 heavy (non-hydrogen) atoms. The van der Waals surface area contributed by atoms with Crippen LogP contribution in [-0.4, -0.2) is 51.0 Å². The van der Waals surface area contributed by atoms with E-state index in [2.05, 4.69) is 15.6 Å². The van der Waals surface area contributed by atoms with Gasteiger partial charge in [-0.3, -0.25) is 4.99 Å². The maximum atomic E-state index is 12.0. The lowest BCUT2D eigenvalue weighted by atomic mass is 10.4. The van der Waals surface area contributed by atoms with E-state index in [1.165, 1.54) is 0 Å². The molecule has 1 aromatic rings. The number of guanidine groups is 1. The van der Waals surface area contributed by atoms with Crippen LogP contribution in [0.4, 0.5) is 0 Å². The molecule has 0 saturated carbocycles. The van der Waals surface area contributed by atoms with Crippen LogP contribution in [0.15, 0.2) is 26.7 Å². The Morgan fingerprint density at radius 3 is 2.76 bits per heavy atom. The molecule has 0 aliphatic heterocycles. The summed E-state index contributed by atoms with van der Waals surface area (Å²) in [5.41, 5.74) is 0. The molecule has 0 spiro atoms. The van der Waals surface area contributed by atoms with Gasteiger partial charge in [-0.05, 0) is 24.8 Å². The van der Waals surface area contributed by atoms with Gasteiger partial charge in [-0.1, -0.05) is 13.0 Å². The third-order valence-corrected chi connectivity index (χ3v) is 5.85. The number of aliphatic imine (C=N–C) groups is 1. The van der Waals surface area contributed by atoms with E-state index in [4.69, 9.17) is 0 Å². The van der Waals surface area contributed by atoms with Gasteiger partial charge in [0.15, 0.2) is 15.8 Å². The van der Waals surface area contributed by atoms with Crippen LogP contribution in [0, 0.1) is 0 Å². The Morgan fingerprint density at radius 1 is 1.43 bits per heavy atom. The second-order valence-corrected chi connectivity index (χ2v) is 7.72. The van der Waals surface area contributed by atoms with Gasteiger partial charge in [0, 0.05) is 13.1 Å². The Hall–Kier alpha value is -1.12. The number of nitrogens with one attached hydrogen (secondary N) is 2. The van der Waals surface area contributed by atoms with Crippen LogP contribution in [0.5, 0.6) is 0 Å². The molecule has 120 valence electrons. The van der Waals surface area contributed by atoms with Gasteiger partial charge in [0.25, 0.3) is 0 Å². The Kier molecular flexibility index (Phi) is 7.69. The van der Waals surface area contributed by atoms with Crippen molar-refractivity contribution in [2.75, 3.05) is 25.4 Å². The van der Waals surface area contributed by atoms with Gasteiger partial charge in [-0.25, -0.2) is 8.42 Å². The number of thiophene rings is 1. The summed E-state index contributed by atoms with van der Waals surface area (Å²) in [4.78, 5) is 4.20. The molecule has 0 amide bonds. The van der Waals surface area contributed by atoms with Crippen molar-refractivity contribution in [2.24, 2.45) is 4.99 Å². The highest BCUT2D eigenvalue weighted by Gasteiger charge is 2.20. The molecular weight excluding hydrogens is 310 g/mol. The Labute approximate surface area is 130 Å². The highest BCUT2D eigenvalue weighted by atomic mass is 32.2. The van der Waals surface area contributed by atoms with Crippen LogP contribution in [-0.2, 0) is 9.84 Å². The molecule has 0 fully saturated rings. The smallest absolute Gasteiger partial charge is 0.191 e. The van der Waals surface area contributed by atoms with Crippen LogP contribution in [0.1, 0.15) is 20.3 Å². The topological polar surface area (TPSA) is 90.8 Å². The number of aliphatic hydroxyl groups excluding tert-OH is 1. The molecule has 0 aromatic carbocycles. The first-order chi connectivity index (χ1) is 9.99. The molecule has 1 heterocycles. The second-order valence-electron chi connectivity index (χ2n) is 4.51. The molecule has 0 radical (unpaired) electrons. The first-order valence-electron chi connectivity index (χ1n) is 6.96. The number of hydrogen-bond donors (Lipinski definition) is 3. The van der Waals surface area contributed by atoms with E-state index in [1.807, 2.05) is 13.8 Å². The average Bonchev–Trinajstić information content (AvgIpc) is 2.96. The van der Waals surface area contributed by atoms with Crippen molar-refractivity contribution in [1.82, 2.24) is 10.6 Å². The maximum Gasteiger partial charge on any atom is 0.191 e. The average molecular weight is 333 g/mol. The number of aliphatic hydroxyl groups is 1. The van der Waals surface area contributed by atoms with E-state index in [0.717, 1.165) is 24.3 Å². The fourth-order valence-electron chi connectivity index (χ4n) is 1.61. The summed E-state index contributed by atoms with van der Waals surface area (Å²) in [6, 6.07) is 3.23. The van der Waals surface area contributed by atoms with E-state index >= 15 is 0 Å². The molecule has 6 nitrogen and oxygen atoms in total. The molecule has 1 rings (SSSR count). The van der Waals surface area contributed by atoms with Crippen molar-refractivity contribution in [2.45, 2.75) is 30.6 Å². The van der Waals surface area contributed by atoms with Crippen molar-refractivity contribution in [1.29, 1.82) is 0 Å². The molecule has 0 aliphatic carbocycles. The summed E-state index contributed by atoms with van der Waals surface area (Å²) in [5.74, 6) is 0.274. The van der Waals surface area contributed by atoms with Gasteiger partial charge in [0.05, 0.1) is 18.4 Å². The molecular formula is C13H23N3O3S2. The summed E-state index contributed by atoms with van der Waals surface area (Å²) in [7, 11) is -3.43. The van der Waals surface area contributed by atoms with Crippen LogP contribution in [0.2, 0.25) is 0 Å². The lowest BCUT2D eigenvalue weighted by molar-refractivity contribution is 0.206. The van der Waals surface area contributed by atoms with Gasteiger partial charge < -0.3 is 15.7 Å². The van der Waals surface area contributed by atoms with Crippen molar-refractivity contribution in [3.63, 3.8) is 0 Å². The predicted octanol–water partition coefficient (Wildman–Crippen LogP) is 0.848. The quantitative estimate of drug-likeness (QED) is 0.485. The summed E-state index contributed by atoms with van der Waals surface area (Å²) < 4.78 is 24.3. The minimum atomic E-state index is -3.43. The molecule has 0 bridgehead atoms. The summed E-state index contributed by atoms with van der Waals surface area (Å²) >= 11 is 1.16. The molecule has 3 N–H and O–H groups in total. The van der Waals surface area contributed by atoms with Crippen LogP contribution < -0.4 is 10.6 Å². The minimum Gasteiger partial charge on any atom is -0.390 e. The predicted molar refractivity (Wildman–Crippen MR) is 86.7 cm³/mol. The van der Waals surface area contributed by atoms with Crippen molar-refractivity contribution in [3.8, 4) is 0 Å². The molecule has 1 aromatic heterocycles. The fourth-order valence-corrected chi connectivity index (χ4v) is 4.08. The Balaban J connectivity index is 2.57. The third-order valence-electron chi connectivity index (χ3n) is 2.56. The third kappa shape index (κ3) is 6.45. The van der Waals surface area contributed by atoms with Crippen LogP contribution in [0.3, 0.4) is 0 Å². The summed E-state index contributed by atoms with van der Waals surface area (Å²) in [5, 5.41) is 17.7. The standard InChI is InChI=1S/C13H23N3O3S2/c1-3-7-15-13(14-4-2)16-9-11(17)10-21(18,19)12-6-5-8-20-12/h5-6,8,11,17H,3-4,7,9-10H2,1-2H3,(H2,14,15,16). The molecule has 0 saturated heterocycles.